The summed E-state index contributed by atoms with van der Waals surface area (Å²) in [7, 11) is 1.78. The van der Waals surface area contributed by atoms with Crippen LogP contribution in [0.3, 0.4) is 0 Å². The van der Waals surface area contributed by atoms with Crippen LogP contribution in [-0.2, 0) is 4.79 Å². The Morgan fingerprint density at radius 1 is 1.36 bits per heavy atom. The zero-order valence-corrected chi connectivity index (χ0v) is 13.7. The third kappa shape index (κ3) is 6.43. The average Bonchev–Trinajstić information content (AvgIpc) is 2.49. The molecule has 1 unspecified atom stereocenters. The molecule has 1 aromatic carbocycles. The lowest BCUT2D eigenvalue weighted by molar-refractivity contribution is -0.130. The SMILES string of the molecule is CC(C)C(N)CCN(C)C(=O)CCCOc1ccccc1F. The Morgan fingerprint density at radius 2 is 2.05 bits per heavy atom. The van der Waals surface area contributed by atoms with E-state index in [1.165, 1.54) is 6.07 Å². The summed E-state index contributed by atoms with van der Waals surface area (Å²) in [6.45, 7) is 5.14. The molecule has 0 saturated carbocycles. The fourth-order valence-electron chi connectivity index (χ4n) is 1.96. The van der Waals surface area contributed by atoms with Gasteiger partial charge in [-0.3, -0.25) is 4.79 Å². The molecule has 0 fully saturated rings. The molecule has 1 amide bonds. The molecule has 0 heterocycles. The molecule has 0 bridgehead atoms. The summed E-state index contributed by atoms with van der Waals surface area (Å²) in [5, 5.41) is 0. The van der Waals surface area contributed by atoms with Crippen LogP contribution in [0.4, 0.5) is 4.39 Å². The van der Waals surface area contributed by atoms with E-state index in [0.717, 1.165) is 6.42 Å². The molecule has 0 aliphatic carbocycles. The van der Waals surface area contributed by atoms with Crippen molar-refractivity contribution >= 4 is 5.91 Å². The predicted molar refractivity (Wildman–Crippen MR) is 86.2 cm³/mol. The smallest absolute Gasteiger partial charge is 0.222 e. The van der Waals surface area contributed by atoms with Gasteiger partial charge in [0.05, 0.1) is 6.61 Å². The second-order valence-electron chi connectivity index (χ2n) is 5.89. The third-order valence-electron chi connectivity index (χ3n) is 3.71. The van der Waals surface area contributed by atoms with E-state index in [2.05, 4.69) is 13.8 Å². The number of halogens is 1. The maximum atomic E-state index is 13.3. The highest BCUT2D eigenvalue weighted by Gasteiger charge is 2.12. The third-order valence-corrected chi connectivity index (χ3v) is 3.71. The Morgan fingerprint density at radius 3 is 2.68 bits per heavy atom. The summed E-state index contributed by atoms with van der Waals surface area (Å²) in [6, 6.07) is 6.38. The predicted octanol–water partition coefficient (Wildman–Crippen LogP) is 2.82. The Kier molecular flexibility index (Phi) is 7.88. The van der Waals surface area contributed by atoms with Crippen molar-refractivity contribution in [3.8, 4) is 5.75 Å². The fourth-order valence-corrected chi connectivity index (χ4v) is 1.96. The van der Waals surface area contributed by atoms with Crippen LogP contribution in [0, 0.1) is 11.7 Å². The van der Waals surface area contributed by atoms with E-state index in [0.29, 0.717) is 31.9 Å². The van der Waals surface area contributed by atoms with E-state index in [-0.39, 0.29) is 23.5 Å². The maximum Gasteiger partial charge on any atom is 0.222 e. The summed E-state index contributed by atoms with van der Waals surface area (Å²) in [6.07, 6.45) is 1.75. The summed E-state index contributed by atoms with van der Waals surface area (Å²) in [5.41, 5.74) is 5.97. The summed E-state index contributed by atoms with van der Waals surface area (Å²) in [5.74, 6) is 0.325. The van der Waals surface area contributed by atoms with Crippen molar-refractivity contribution in [3.05, 3.63) is 30.1 Å². The Hall–Kier alpha value is -1.62. The second-order valence-corrected chi connectivity index (χ2v) is 5.89. The molecule has 124 valence electrons. The van der Waals surface area contributed by atoms with Crippen LogP contribution < -0.4 is 10.5 Å². The van der Waals surface area contributed by atoms with Gasteiger partial charge in [0.15, 0.2) is 11.6 Å². The first-order chi connectivity index (χ1) is 10.4. The number of nitrogens with zero attached hydrogens (tertiary/aromatic N) is 1. The van der Waals surface area contributed by atoms with Crippen molar-refractivity contribution in [2.75, 3.05) is 20.2 Å². The number of amides is 1. The van der Waals surface area contributed by atoms with E-state index < -0.39 is 0 Å². The Bertz CT molecular complexity index is 466. The Labute approximate surface area is 132 Å². The Balaban J connectivity index is 2.21. The van der Waals surface area contributed by atoms with Crippen LogP contribution in [0.5, 0.6) is 5.75 Å². The standard InChI is InChI=1S/C17H27FN2O2/c1-13(2)15(19)10-11-20(3)17(21)9-6-12-22-16-8-5-4-7-14(16)18/h4-5,7-8,13,15H,6,9-12,19H2,1-3H3. The van der Waals surface area contributed by atoms with Gasteiger partial charge in [0.2, 0.25) is 5.91 Å². The number of carbonyl (C=O) groups is 1. The lowest BCUT2D eigenvalue weighted by Gasteiger charge is -2.21. The summed E-state index contributed by atoms with van der Waals surface area (Å²) >= 11 is 0. The minimum Gasteiger partial charge on any atom is -0.491 e. The zero-order chi connectivity index (χ0) is 16.5. The highest BCUT2D eigenvalue weighted by Crippen LogP contribution is 2.15. The highest BCUT2D eigenvalue weighted by molar-refractivity contribution is 5.75. The van der Waals surface area contributed by atoms with E-state index in [4.69, 9.17) is 10.5 Å². The van der Waals surface area contributed by atoms with E-state index in [1.807, 2.05) is 0 Å². The van der Waals surface area contributed by atoms with Crippen LogP contribution in [-0.4, -0.2) is 37.0 Å². The molecule has 5 heteroatoms. The van der Waals surface area contributed by atoms with Gasteiger partial charge in [-0.1, -0.05) is 26.0 Å². The molecule has 0 radical (unpaired) electrons. The van der Waals surface area contributed by atoms with Gasteiger partial charge in [0.25, 0.3) is 0 Å². The lowest BCUT2D eigenvalue weighted by atomic mass is 10.0. The normalized spacial score (nSPS) is 12.3. The van der Waals surface area contributed by atoms with Crippen molar-refractivity contribution < 1.29 is 13.9 Å². The number of benzene rings is 1. The molecular weight excluding hydrogens is 283 g/mol. The van der Waals surface area contributed by atoms with Crippen molar-refractivity contribution in [3.63, 3.8) is 0 Å². The number of carbonyl (C=O) groups excluding carboxylic acids is 1. The van der Waals surface area contributed by atoms with Crippen LogP contribution in [0.2, 0.25) is 0 Å². The highest BCUT2D eigenvalue weighted by atomic mass is 19.1. The van der Waals surface area contributed by atoms with Gasteiger partial charge in [0.1, 0.15) is 0 Å². The first-order valence-corrected chi connectivity index (χ1v) is 7.78. The first kappa shape index (κ1) is 18.4. The molecule has 4 nitrogen and oxygen atoms in total. The van der Waals surface area contributed by atoms with Gasteiger partial charge in [0, 0.05) is 26.1 Å². The first-order valence-electron chi connectivity index (χ1n) is 7.78. The second kappa shape index (κ2) is 9.41. The van der Waals surface area contributed by atoms with Gasteiger partial charge < -0.3 is 15.4 Å². The quantitative estimate of drug-likeness (QED) is 0.714. The molecule has 2 N–H and O–H groups in total. The maximum absolute atomic E-state index is 13.3. The molecule has 0 aromatic heterocycles. The molecule has 0 saturated heterocycles. The molecule has 0 aliphatic heterocycles. The van der Waals surface area contributed by atoms with Gasteiger partial charge >= 0.3 is 0 Å². The van der Waals surface area contributed by atoms with Gasteiger partial charge in [-0.15, -0.1) is 0 Å². The topological polar surface area (TPSA) is 55.6 Å². The number of nitrogens with two attached hydrogens (primary N) is 1. The molecule has 1 aromatic rings. The van der Waals surface area contributed by atoms with E-state index in [9.17, 15) is 9.18 Å². The minimum atomic E-state index is -0.381. The van der Waals surface area contributed by atoms with Crippen LogP contribution in [0.15, 0.2) is 24.3 Å². The fraction of sp³-hybridized carbons (Fsp3) is 0.588. The van der Waals surface area contributed by atoms with Crippen molar-refractivity contribution in [2.45, 2.75) is 39.2 Å². The number of ether oxygens (including phenoxy) is 1. The minimum absolute atomic E-state index is 0.0630. The van der Waals surface area contributed by atoms with Crippen LogP contribution in [0.1, 0.15) is 33.1 Å². The molecule has 22 heavy (non-hydrogen) atoms. The summed E-state index contributed by atoms with van der Waals surface area (Å²) in [4.78, 5) is 13.7. The van der Waals surface area contributed by atoms with E-state index in [1.54, 1.807) is 30.1 Å². The molecule has 1 rings (SSSR count). The number of para-hydroxylation sites is 1. The van der Waals surface area contributed by atoms with E-state index >= 15 is 0 Å². The van der Waals surface area contributed by atoms with Crippen molar-refractivity contribution in [1.29, 1.82) is 0 Å². The average molecular weight is 310 g/mol. The van der Waals surface area contributed by atoms with Gasteiger partial charge in [-0.05, 0) is 30.9 Å². The van der Waals surface area contributed by atoms with Gasteiger partial charge in [-0.2, -0.15) is 0 Å². The largest absolute Gasteiger partial charge is 0.491 e. The molecule has 0 aliphatic rings. The number of hydrogen-bond acceptors (Lipinski definition) is 3. The van der Waals surface area contributed by atoms with Gasteiger partial charge in [-0.25, -0.2) is 4.39 Å². The summed E-state index contributed by atoms with van der Waals surface area (Å²) < 4.78 is 18.7. The molecular formula is C17H27FN2O2. The monoisotopic (exact) mass is 310 g/mol. The molecule has 0 spiro atoms. The van der Waals surface area contributed by atoms with Crippen molar-refractivity contribution in [1.82, 2.24) is 4.90 Å². The number of hydrogen-bond donors (Lipinski definition) is 1. The van der Waals surface area contributed by atoms with Crippen LogP contribution >= 0.6 is 0 Å². The number of rotatable bonds is 9. The lowest BCUT2D eigenvalue weighted by Crippen LogP contribution is -2.34. The zero-order valence-electron chi connectivity index (χ0n) is 13.7. The molecule has 1 atom stereocenters. The van der Waals surface area contributed by atoms with Crippen LogP contribution in [0.25, 0.3) is 0 Å². The van der Waals surface area contributed by atoms with Crippen molar-refractivity contribution in [2.24, 2.45) is 11.7 Å².